The highest BCUT2D eigenvalue weighted by molar-refractivity contribution is 6.22. The minimum atomic E-state index is 0.0335. The van der Waals surface area contributed by atoms with Gasteiger partial charge in [0, 0.05) is 33.8 Å². The molecule has 2 nitrogen and oxygen atoms in total. The first-order valence-electron chi connectivity index (χ1n) is 24.8. The van der Waals surface area contributed by atoms with Crippen LogP contribution in [-0.4, -0.2) is 10.6 Å². The molecule has 2 heteroatoms. The first-order valence-corrected chi connectivity index (χ1v) is 24.8. The van der Waals surface area contributed by atoms with Crippen molar-refractivity contribution in [2.24, 2.45) is 17.8 Å². The zero-order valence-electron chi connectivity index (χ0n) is 39.6. The number of fused-ring (bicyclic) bond motifs is 8. The van der Waals surface area contributed by atoms with Gasteiger partial charge >= 0.3 is 0 Å². The Labute approximate surface area is 397 Å². The van der Waals surface area contributed by atoms with Crippen molar-refractivity contribution in [3.63, 3.8) is 0 Å². The van der Waals surface area contributed by atoms with E-state index in [2.05, 4.69) is 238 Å². The quantitative estimate of drug-likeness (QED) is 0.155. The number of nitrogens with zero attached hydrogens (tertiary/aromatic N) is 2. The first-order chi connectivity index (χ1) is 32.7. The highest BCUT2D eigenvalue weighted by atomic mass is 15.2. The smallest absolute Gasteiger partial charge is 0.0560 e. The molecule has 0 N–H and O–H groups in total. The summed E-state index contributed by atoms with van der Waals surface area (Å²) < 4.78 is 2.49. The van der Waals surface area contributed by atoms with E-state index in [1.165, 1.54) is 99.8 Å². The lowest BCUT2D eigenvalue weighted by molar-refractivity contribution is 0.394. The lowest BCUT2D eigenvalue weighted by Gasteiger charge is -2.35. The van der Waals surface area contributed by atoms with Gasteiger partial charge in [0.2, 0.25) is 0 Å². The second-order valence-electron chi connectivity index (χ2n) is 20.6. The van der Waals surface area contributed by atoms with Crippen molar-refractivity contribution in [3.05, 3.63) is 233 Å². The number of allylic oxidation sites excluding steroid dienone is 20. The van der Waals surface area contributed by atoms with E-state index in [0.717, 1.165) is 25.7 Å². The molecule has 0 saturated heterocycles. The van der Waals surface area contributed by atoms with Gasteiger partial charge in [-0.15, -0.1) is 0 Å². The van der Waals surface area contributed by atoms with Gasteiger partial charge in [0.05, 0.1) is 17.1 Å². The maximum absolute atomic E-state index is 2.60. The normalized spacial score (nSPS) is 23.9. The largest absolute Gasteiger partial charge is 0.334 e. The average molecular weight is 869 g/mol. The van der Waals surface area contributed by atoms with Gasteiger partial charge in [-0.1, -0.05) is 179 Å². The molecule has 12 rings (SSSR count). The fourth-order valence-electron chi connectivity index (χ4n) is 12.3. The lowest BCUT2D eigenvalue weighted by Crippen LogP contribution is -2.30. The Bertz CT molecular complexity index is 3370. The molecule has 0 amide bonds. The Kier molecular flexibility index (Phi) is 10.2. The molecule has 5 aromatic carbocycles. The second-order valence-corrected chi connectivity index (χ2v) is 20.6. The number of hydrogen-bond donors (Lipinski definition) is 0. The molecule has 6 aliphatic rings. The van der Waals surface area contributed by atoms with E-state index in [-0.39, 0.29) is 11.5 Å². The van der Waals surface area contributed by atoms with Gasteiger partial charge in [-0.3, -0.25) is 0 Å². The van der Waals surface area contributed by atoms with Crippen LogP contribution >= 0.6 is 0 Å². The van der Waals surface area contributed by atoms with E-state index in [4.69, 9.17) is 0 Å². The number of benzene rings is 5. The van der Waals surface area contributed by atoms with Gasteiger partial charge in [0.1, 0.15) is 0 Å². The summed E-state index contributed by atoms with van der Waals surface area (Å²) in [5.41, 5.74) is 18.8. The van der Waals surface area contributed by atoms with Crippen LogP contribution in [0.3, 0.4) is 0 Å². The average Bonchev–Trinajstić information content (AvgIpc) is 3.70. The number of hydrogen-bond acceptors (Lipinski definition) is 1. The summed E-state index contributed by atoms with van der Waals surface area (Å²) in [6.45, 7) is 11.9. The third-order valence-corrected chi connectivity index (χ3v) is 16.0. The highest BCUT2D eigenvalue weighted by Crippen LogP contribution is 2.54. The maximum Gasteiger partial charge on any atom is 0.0560 e. The van der Waals surface area contributed by atoms with E-state index < -0.39 is 0 Å². The topological polar surface area (TPSA) is 8.17 Å². The van der Waals surface area contributed by atoms with Crippen molar-refractivity contribution < 1.29 is 0 Å². The molecule has 0 spiro atoms. The molecule has 5 atom stereocenters. The van der Waals surface area contributed by atoms with Crippen LogP contribution < -0.4 is 4.90 Å². The Hall–Kier alpha value is -6.90. The van der Waals surface area contributed by atoms with Crippen LogP contribution in [-0.2, 0) is 5.41 Å². The van der Waals surface area contributed by atoms with Gasteiger partial charge < -0.3 is 9.47 Å². The summed E-state index contributed by atoms with van der Waals surface area (Å²) in [7, 11) is 0. The summed E-state index contributed by atoms with van der Waals surface area (Å²) in [6.07, 6.45) is 41.4. The molecule has 0 saturated carbocycles. The molecule has 0 radical (unpaired) electrons. The molecular weight excluding hydrogens is 809 g/mol. The molecular formula is C65H60N2. The molecule has 0 fully saturated rings. The van der Waals surface area contributed by atoms with Crippen LogP contribution in [0.2, 0.25) is 0 Å². The predicted molar refractivity (Wildman–Crippen MR) is 288 cm³/mol. The standard InChI is InChI=1S/C65H60N2/c1-42-19-28-52(29-20-42)67-62-37-27-49(40-59(62)64-56-16-10-9-14-47(56)26-38-63(64)67)46-23-32-51(33-24-46)66(53-34-36-58-57-17-11-12-18-60(57)65(4,5)61(58)41-53)50-30-21-45(22-31-50)48-25-35-55(44(3)39-48)54-15-8-6-7-13-43(54)2/h6-12,14-19,21-32,34-38,40-42,44,51,57,60H,13,20,33,39H2,1-5H3/t42?,44?,51?,57?,60-/m1/s1. The minimum Gasteiger partial charge on any atom is -0.334 e. The third kappa shape index (κ3) is 7.07. The molecule has 1 aromatic heterocycles. The van der Waals surface area contributed by atoms with Crippen molar-refractivity contribution in [2.45, 2.75) is 77.7 Å². The molecule has 67 heavy (non-hydrogen) atoms. The second kappa shape index (κ2) is 16.5. The molecule has 0 bridgehead atoms. The number of rotatable bonds is 7. The molecule has 1 heterocycles. The SMILES string of the molecule is CC1=C(C2=CC=C(c3ccc(N(c4ccc5c(c4)C(C)(C)[C@@H]4C=CC=CC54)C4C=CC(c5ccc6c(c5)c5c7ccccc7ccc5n6C5=CCC(C)C=C5)=CC4)cc3)CC2C)C=CC=CC1. The predicted octanol–water partition coefficient (Wildman–Crippen LogP) is 17.2. The summed E-state index contributed by atoms with van der Waals surface area (Å²) in [6, 6.07) is 37.6. The summed E-state index contributed by atoms with van der Waals surface area (Å²) in [4.78, 5) is 2.60. The minimum absolute atomic E-state index is 0.0335. The molecule has 6 aliphatic carbocycles. The van der Waals surface area contributed by atoms with Crippen molar-refractivity contribution in [2.75, 3.05) is 4.90 Å². The zero-order chi connectivity index (χ0) is 45.4. The lowest BCUT2D eigenvalue weighted by atomic mass is 9.74. The van der Waals surface area contributed by atoms with Gasteiger partial charge in [-0.05, 0) is 160 Å². The van der Waals surface area contributed by atoms with Gasteiger partial charge in [0.25, 0.3) is 0 Å². The van der Waals surface area contributed by atoms with Crippen LogP contribution in [0.25, 0.3) is 49.4 Å². The summed E-state index contributed by atoms with van der Waals surface area (Å²) >= 11 is 0. The van der Waals surface area contributed by atoms with Crippen molar-refractivity contribution in [3.8, 4) is 0 Å². The Balaban J connectivity index is 0.905. The van der Waals surface area contributed by atoms with Gasteiger partial charge in [-0.25, -0.2) is 0 Å². The van der Waals surface area contributed by atoms with E-state index in [1.54, 1.807) is 0 Å². The van der Waals surface area contributed by atoms with Crippen molar-refractivity contribution >= 4 is 60.8 Å². The van der Waals surface area contributed by atoms with E-state index in [1.807, 2.05) is 0 Å². The maximum atomic E-state index is 2.60. The van der Waals surface area contributed by atoms with Crippen LogP contribution in [0.4, 0.5) is 11.4 Å². The van der Waals surface area contributed by atoms with Gasteiger partial charge in [0.15, 0.2) is 0 Å². The van der Waals surface area contributed by atoms with Crippen molar-refractivity contribution in [1.29, 1.82) is 0 Å². The number of aromatic nitrogens is 1. The highest BCUT2D eigenvalue weighted by Gasteiger charge is 2.44. The van der Waals surface area contributed by atoms with Crippen LogP contribution in [0.1, 0.15) is 88.5 Å². The fourth-order valence-corrected chi connectivity index (χ4v) is 12.3. The van der Waals surface area contributed by atoms with Crippen LogP contribution in [0, 0.1) is 17.8 Å². The monoisotopic (exact) mass is 868 g/mol. The first kappa shape index (κ1) is 41.5. The van der Waals surface area contributed by atoms with E-state index in [9.17, 15) is 0 Å². The zero-order valence-corrected chi connectivity index (χ0v) is 39.6. The van der Waals surface area contributed by atoms with E-state index >= 15 is 0 Å². The Morgan fingerprint density at radius 1 is 0.672 bits per heavy atom. The Morgan fingerprint density at radius 3 is 2.31 bits per heavy atom. The molecule has 6 aromatic rings. The van der Waals surface area contributed by atoms with Gasteiger partial charge in [-0.2, -0.15) is 0 Å². The third-order valence-electron chi connectivity index (χ3n) is 16.0. The van der Waals surface area contributed by atoms with Crippen LogP contribution in [0.15, 0.2) is 211 Å². The molecule has 330 valence electrons. The number of anilines is 2. The Morgan fingerprint density at radius 2 is 1.49 bits per heavy atom. The van der Waals surface area contributed by atoms with E-state index in [0.29, 0.717) is 23.7 Å². The fraction of sp³-hybridized carbons (Fsp3) is 0.231. The summed E-state index contributed by atoms with van der Waals surface area (Å²) in [5, 5.41) is 5.22. The molecule has 4 unspecified atom stereocenters. The molecule has 0 aliphatic heterocycles. The van der Waals surface area contributed by atoms with Crippen molar-refractivity contribution in [1.82, 2.24) is 4.57 Å². The summed E-state index contributed by atoms with van der Waals surface area (Å²) in [5.74, 6) is 1.91. The van der Waals surface area contributed by atoms with Crippen LogP contribution in [0.5, 0.6) is 0 Å².